The molecule has 5 aromatic rings. The summed E-state index contributed by atoms with van der Waals surface area (Å²) in [6.45, 7) is 2.01. The van der Waals surface area contributed by atoms with Crippen LogP contribution in [0.3, 0.4) is 0 Å². The Hall–Kier alpha value is -3.07. The molecule has 4 aromatic heterocycles. The molecule has 0 N–H and O–H groups in total. The number of para-hydroxylation sites is 1. The summed E-state index contributed by atoms with van der Waals surface area (Å²) in [7, 11) is 0. The number of benzene rings is 1. The van der Waals surface area contributed by atoms with Crippen LogP contribution in [0.2, 0.25) is 0 Å². The summed E-state index contributed by atoms with van der Waals surface area (Å²) in [5.74, 6) is 0.669. The lowest BCUT2D eigenvalue weighted by molar-refractivity contribution is 0.536. The average molecular weight is 409 g/mol. The highest BCUT2D eigenvalue weighted by molar-refractivity contribution is 9.10. The Morgan fingerprint density at radius 2 is 1.88 bits per heavy atom. The molecule has 0 bridgehead atoms. The minimum absolute atomic E-state index is 0.0968. The third-order valence-electron chi connectivity index (χ3n) is 4.26. The summed E-state index contributed by atoms with van der Waals surface area (Å²) >= 11 is 3.41. The third-order valence-corrected chi connectivity index (χ3v) is 4.67. The van der Waals surface area contributed by atoms with Crippen molar-refractivity contribution in [2.75, 3.05) is 0 Å². The van der Waals surface area contributed by atoms with Gasteiger partial charge in [0.1, 0.15) is 12.4 Å². The van der Waals surface area contributed by atoms with Crippen molar-refractivity contribution in [1.82, 2.24) is 39.1 Å². The molecule has 0 spiro atoms. The summed E-state index contributed by atoms with van der Waals surface area (Å²) in [5, 5.41) is 14.2. The van der Waals surface area contributed by atoms with Crippen LogP contribution in [0.4, 0.5) is 0 Å². The van der Waals surface area contributed by atoms with E-state index in [4.69, 9.17) is 4.98 Å². The van der Waals surface area contributed by atoms with Crippen LogP contribution in [0.5, 0.6) is 0 Å². The van der Waals surface area contributed by atoms with Gasteiger partial charge in [-0.3, -0.25) is 4.68 Å². The maximum Gasteiger partial charge on any atom is 0.176 e. The quantitative estimate of drug-likeness (QED) is 0.458. The summed E-state index contributed by atoms with van der Waals surface area (Å²) in [6.07, 6.45) is 7.09. The van der Waals surface area contributed by atoms with E-state index in [2.05, 4.69) is 36.2 Å². The highest BCUT2D eigenvalue weighted by Gasteiger charge is 2.18. The number of aromatic nitrogens is 8. The Bertz CT molecular complexity index is 1220. The standard InChI is InChI=1S/C17H13BrN8/c1-11(24-9-12(18)7-20-24)15-22-17-14-8-21-26(13-5-3-2-4-6-13)16(14)19-10-25(17)23-15/h2-11H,1H3/t11-/m1/s1. The maximum absolute atomic E-state index is 4.72. The van der Waals surface area contributed by atoms with Crippen molar-refractivity contribution in [1.29, 1.82) is 0 Å². The van der Waals surface area contributed by atoms with Crippen LogP contribution < -0.4 is 0 Å². The number of fused-ring (bicyclic) bond motifs is 3. The predicted molar refractivity (Wildman–Crippen MR) is 99.2 cm³/mol. The van der Waals surface area contributed by atoms with Gasteiger partial charge in [0.15, 0.2) is 17.1 Å². The maximum atomic E-state index is 4.72. The fourth-order valence-corrected chi connectivity index (χ4v) is 3.22. The second kappa shape index (κ2) is 5.73. The van der Waals surface area contributed by atoms with Gasteiger partial charge in [-0.25, -0.2) is 19.2 Å². The molecule has 0 unspecified atom stereocenters. The SMILES string of the molecule is C[C@H](c1nc2c3cnn(-c4ccccc4)c3ncn2n1)n1cc(Br)cn1. The molecular formula is C17H13BrN8. The van der Waals surface area contributed by atoms with Gasteiger partial charge in [-0.05, 0) is 35.0 Å². The van der Waals surface area contributed by atoms with Gasteiger partial charge >= 0.3 is 0 Å². The first-order valence-corrected chi connectivity index (χ1v) is 8.84. The molecule has 0 aliphatic heterocycles. The minimum atomic E-state index is -0.0968. The highest BCUT2D eigenvalue weighted by Crippen LogP contribution is 2.22. The Balaban J connectivity index is 1.65. The van der Waals surface area contributed by atoms with Gasteiger partial charge in [-0.15, -0.1) is 5.10 Å². The van der Waals surface area contributed by atoms with Gasteiger partial charge in [-0.1, -0.05) is 18.2 Å². The van der Waals surface area contributed by atoms with Gasteiger partial charge in [0, 0.05) is 6.20 Å². The number of halogens is 1. The van der Waals surface area contributed by atoms with Crippen molar-refractivity contribution < 1.29 is 0 Å². The van der Waals surface area contributed by atoms with Crippen LogP contribution in [0.25, 0.3) is 22.4 Å². The van der Waals surface area contributed by atoms with E-state index in [1.54, 1.807) is 27.9 Å². The zero-order chi connectivity index (χ0) is 17.7. The largest absolute Gasteiger partial charge is 0.261 e. The first-order chi connectivity index (χ1) is 12.7. The van der Waals surface area contributed by atoms with Crippen molar-refractivity contribution in [3.8, 4) is 5.69 Å². The summed E-state index contributed by atoms with van der Waals surface area (Å²) < 4.78 is 6.22. The molecule has 0 fully saturated rings. The predicted octanol–water partition coefficient (Wildman–Crippen LogP) is 3.03. The molecule has 0 aliphatic carbocycles. The first-order valence-electron chi connectivity index (χ1n) is 8.05. The molecule has 0 aliphatic rings. The minimum Gasteiger partial charge on any atom is -0.261 e. The molecule has 128 valence electrons. The number of nitrogens with zero attached hydrogens (tertiary/aromatic N) is 8. The second-order valence-electron chi connectivity index (χ2n) is 5.93. The van der Waals surface area contributed by atoms with E-state index < -0.39 is 0 Å². The lowest BCUT2D eigenvalue weighted by Gasteiger charge is -2.06. The fraction of sp³-hybridized carbons (Fsp3) is 0.118. The summed E-state index contributed by atoms with van der Waals surface area (Å²) in [4.78, 5) is 9.24. The lowest BCUT2D eigenvalue weighted by Crippen LogP contribution is -2.09. The van der Waals surface area contributed by atoms with E-state index in [1.807, 2.05) is 48.1 Å². The molecule has 1 atom stereocenters. The number of hydrogen-bond donors (Lipinski definition) is 0. The Morgan fingerprint density at radius 3 is 2.65 bits per heavy atom. The van der Waals surface area contributed by atoms with Gasteiger partial charge in [0.05, 0.1) is 27.9 Å². The Labute approximate surface area is 156 Å². The molecular weight excluding hydrogens is 396 g/mol. The highest BCUT2D eigenvalue weighted by atomic mass is 79.9. The molecule has 26 heavy (non-hydrogen) atoms. The van der Waals surface area contributed by atoms with E-state index in [1.165, 1.54) is 0 Å². The average Bonchev–Trinajstić information content (AvgIpc) is 3.38. The lowest BCUT2D eigenvalue weighted by atomic mass is 10.3. The van der Waals surface area contributed by atoms with Crippen LogP contribution in [0.1, 0.15) is 18.8 Å². The molecule has 1 aromatic carbocycles. The second-order valence-corrected chi connectivity index (χ2v) is 6.84. The van der Waals surface area contributed by atoms with E-state index >= 15 is 0 Å². The molecule has 5 rings (SSSR count). The van der Waals surface area contributed by atoms with E-state index in [-0.39, 0.29) is 6.04 Å². The van der Waals surface area contributed by atoms with Crippen LogP contribution in [0.15, 0.2) is 59.7 Å². The van der Waals surface area contributed by atoms with Crippen molar-refractivity contribution in [3.63, 3.8) is 0 Å². The summed E-state index contributed by atoms with van der Waals surface area (Å²) in [5.41, 5.74) is 2.43. The van der Waals surface area contributed by atoms with Crippen molar-refractivity contribution in [2.45, 2.75) is 13.0 Å². The van der Waals surface area contributed by atoms with Crippen LogP contribution in [-0.2, 0) is 0 Å². The van der Waals surface area contributed by atoms with E-state index in [0.29, 0.717) is 5.82 Å². The zero-order valence-corrected chi connectivity index (χ0v) is 15.3. The molecule has 0 amide bonds. The number of rotatable bonds is 3. The van der Waals surface area contributed by atoms with Crippen molar-refractivity contribution >= 4 is 32.6 Å². The molecule has 4 heterocycles. The van der Waals surface area contributed by atoms with Gasteiger partial charge in [0.25, 0.3) is 0 Å². The van der Waals surface area contributed by atoms with E-state index in [0.717, 1.165) is 26.8 Å². The van der Waals surface area contributed by atoms with Crippen LogP contribution >= 0.6 is 15.9 Å². The van der Waals surface area contributed by atoms with Gasteiger partial charge < -0.3 is 0 Å². The van der Waals surface area contributed by atoms with E-state index in [9.17, 15) is 0 Å². The van der Waals surface area contributed by atoms with Crippen LogP contribution in [0, 0.1) is 0 Å². The normalized spacial score (nSPS) is 12.8. The Kier molecular flexibility index (Phi) is 3.35. The summed E-state index contributed by atoms with van der Waals surface area (Å²) in [6, 6.07) is 9.80. The van der Waals surface area contributed by atoms with Gasteiger partial charge in [0.2, 0.25) is 0 Å². The molecule has 0 saturated carbocycles. The van der Waals surface area contributed by atoms with Crippen molar-refractivity contribution in [3.05, 3.63) is 65.5 Å². The number of hydrogen-bond acceptors (Lipinski definition) is 5. The molecule has 0 saturated heterocycles. The molecule has 0 radical (unpaired) electrons. The van der Waals surface area contributed by atoms with Crippen molar-refractivity contribution in [2.24, 2.45) is 0 Å². The monoisotopic (exact) mass is 408 g/mol. The smallest absolute Gasteiger partial charge is 0.176 e. The zero-order valence-electron chi connectivity index (χ0n) is 13.7. The molecule has 8 nitrogen and oxygen atoms in total. The third kappa shape index (κ3) is 2.31. The van der Waals surface area contributed by atoms with Gasteiger partial charge in [-0.2, -0.15) is 10.2 Å². The molecule has 9 heteroatoms. The topological polar surface area (TPSA) is 78.7 Å². The van der Waals surface area contributed by atoms with Crippen LogP contribution in [-0.4, -0.2) is 39.1 Å². The fourth-order valence-electron chi connectivity index (χ4n) is 2.92. The first kappa shape index (κ1) is 15.2. The Morgan fingerprint density at radius 1 is 1.04 bits per heavy atom.